The first kappa shape index (κ1) is 17.9. The van der Waals surface area contributed by atoms with Gasteiger partial charge >= 0.3 is 0 Å². The zero-order chi connectivity index (χ0) is 17.5. The summed E-state index contributed by atoms with van der Waals surface area (Å²) < 4.78 is 1.30. The van der Waals surface area contributed by atoms with Gasteiger partial charge in [0.2, 0.25) is 5.91 Å². The van der Waals surface area contributed by atoms with Crippen molar-refractivity contribution in [1.29, 1.82) is 0 Å². The van der Waals surface area contributed by atoms with Crippen molar-refractivity contribution in [1.82, 2.24) is 15.1 Å². The number of nitrogens with one attached hydrogen (secondary N) is 1. The Morgan fingerprint density at radius 1 is 1.12 bits per heavy atom. The standard InChI is InChI=1S/C17H18ClN3O3/c1-12-2-9-17(24)21(20-12)11-10-19-16(23)8-7-15(22)13-3-5-14(18)6-4-13/h2-6,9H,7-8,10-11H2,1H3,(H,19,23). The van der Waals surface area contributed by atoms with Crippen LogP contribution in [0.3, 0.4) is 0 Å². The van der Waals surface area contributed by atoms with E-state index in [1.54, 1.807) is 37.3 Å². The molecule has 0 atom stereocenters. The second-order valence-corrected chi connectivity index (χ2v) is 5.75. The number of carbonyl (C=O) groups excluding carboxylic acids is 2. The molecule has 0 spiro atoms. The fourth-order valence-electron chi connectivity index (χ4n) is 2.11. The minimum Gasteiger partial charge on any atom is -0.354 e. The molecule has 7 heteroatoms. The number of rotatable bonds is 7. The van der Waals surface area contributed by atoms with Gasteiger partial charge in [0, 0.05) is 36.0 Å². The van der Waals surface area contributed by atoms with Gasteiger partial charge in [-0.15, -0.1) is 0 Å². The van der Waals surface area contributed by atoms with Crippen LogP contribution in [0.2, 0.25) is 5.02 Å². The maximum absolute atomic E-state index is 12.0. The highest BCUT2D eigenvalue weighted by molar-refractivity contribution is 6.30. The summed E-state index contributed by atoms with van der Waals surface area (Å²) in [5.41, 5.74) is 1.05. The van der Waals surface area contributed by atoms with Crippen molar-refractivity contribution >= 4 is 23.3 Å². The molecular weight excluding hydrogens is 330 g/mol. The number of halogens is 1. The third kappa shape index (κ3) is 5.31. The Kier molecular flexibility index (Phi) is 6.26. The third-order valence-electron chi connectivity index (χ3n) is 3.39. The summed E-state index contributed by atoms with van der Waals surface area (Å²) in [6.07, 6.45) is 0.216. The van der Waals surface area contributed by atoms with Crippen molar-refractivity contribution in [2.24, 2.45) is 0 Å². The van der Waals surface area contributed by atoms with Crippen LogP contribution in [0.4, 0.5) is 0 Å². The van der Waals surface area contributed by atoms with Gasteiger partial charge in [0.05, 0.1) is 12.2 Å². The van der Waals surface area contributed by atoms with Crippen molar-refractivity contribution in [3.63, 3.8) is 0 Å². The molecule has 2 rings (SSSR count). The molecule has 1 aromatic heterocycles. The summed E-state index contributed by atoms with van der Waals surface area (Å²) in [6.45, 7) is 2.36. The second kappa shape index (κ2) is 8.40. The van der Waals surface area contributed by atoms with Crippen LogP contribution in [0.5, 0.6) is 0 Å². The monoisotopic (exact) mass is 347 g/mol. The van der Waals surface area contributed by atoms with E-state index >= 15 is 0 Å². The first-order valence-electron chi connectivity index (χ1n) is 7.56. The van der Waals surface area contributed by atoms with Crippen molar-refractivity contribution in [2.45, 2.75) is 26.3 Å². The maximum Gasteiger partial charge on any atom is 0.266 e. The molecule has 0 aliphatic carbocycles. The van der Waals surface area contributed by atoms with Crippen LogP contribution in [0.15, 0.2) is 41.2 Å². The van der Waals surface area contributed by atoms with E-state index in [9.17, 15) is 14.4 Å². The van der Waals surface area contributed by atoms with Crippen molar-refractivity contribution in [3.8, 4) is 0 Å². The van der Waals surface area contributed by atoms with Crippen molar-refractivity contribution in [3.05, 3.63) is 63.0 Å². The molecule has 6 nitrogen and oxygen atoms in total. The van der Waals surface area contributed by atoms with Crippen LogP contribution in [-0.4, -0.2) is 28.0 Å². The molecule has 0 aliphatic rings. The lowest BCUT2D eigenvalue weighted by molar-refractivity contribution is -0.121. The summed E-state index contributed by atoms with van der Waals surface area (Å²) >= 11 is 5.77. The predicted octanol–water partition coefficient (Wildman–Crippen LogP) is 1.98. The normalized spacial score (nSPS) is 10.4. The van der Waals surface area contributed by atoms with Gasteiger partial charge < -0.3 is 5.32 Å². The fourth-order valence-corrected chi connectivity index (χ4v) is 2.23. The van der Waals surface area contributed by atoms with Crippen LogP contribution in [-0.2, 0) is 11.3 Å². The molecule has 0 aliphatic heterocycles. The van der Waals surface area contributed by atoms with Gasteiger partial charge in [0.1, 0.15) is 0 Å². The molecular formula is C17H18ClN3O3. The Morgan fingerprint density at radius 3 is 2.54 bits per heavy atom. The highest BCUT2D eigenvalue weighted by Gasteiger charge is 2.09. The number of aromatic nitrogens is 2. The van der Waals surface area contributed by atoms with Crippen LogP contribution < -0.4 is 10.9 Å². The van der Waals surface area contributed by atoms with E-state index in [1.807, 2.05) is 0 Å². The van der Waals surface area contributed by atoms with E-state index in [-0.39, 0.29) is 43.2 Å². The largest absolute Gasteiger partial charge is 0.354 e. The molecule has 0 bridgehead atoms. The number of aryl methyl sites for hydroxylation is 1. The van der Waals surface area contributed by atoms with E-state index < -0.39 is 0 Å². The molecule has 0 unspecified atom stereocenters. The SMILES string of the molecule is Cc1ccc(=O)n(CCNC(=O)CCC(=O)c2ccc(Cl)cc2)n1. The average Bonchev–Trinajstić information content (AvgIpc) is 2.56. The molecule has 1 heterocycles. The average molecular weight is 348 g/mol. The van der Waals surface area contributed by atoms with E-state index in [0.29, 0.717) is 10.6 Å². The molecule has 1 aromatic carbocycles. The molecule has 0 saturated heterocycles. The van der Waals surface area contributed by atoms with Gasteiger partial charge in [0.25, 0.3) is 5.56 Å². The first-order valence-corrected chi connectivity index (χ1v) is 7.94. The Balaban J connectivity index is 1.75. The molecule has 126 valence electrons. The Morgan fingerprint density at radius 2 is 1.83 bits per heavy atom. The molecule has 0 saturated carbocycles. The van der Waals surface area contributed by atoms with E-state index in [0.717, 1.165) is 5.69 Å². The summed E-state index contributed by atoms with van der Waals surface area (Å²) in [5.74, 6) is -0.351. The van der Waals surface area contributed by atoms with E-state index in [4.69, 9.17) is 11.6 Å². The lowest BCUT2D eigenvalue weighted by Crippen LogP contribution is -2.32. The Bertz CT molecular complexity index is 784. The molecule has 2 aromatic rings. The molecule has 1 N–H and O–H groups in total. The second-order valence-electron chi connectivity index (χ2n) is 5.32. The Labute approximate surface area is 144 Å². The van der Waals surface area contributed by atoms with Gasteiger partial charge in [0.15, 0.2) is 5.78 Å². The van der Waals surface area contributed by atoms with Crippen LogP contribution in [0, 0.1) is 6.92 Å². The van der Waals surface area contributed by atoms with Gasteiger partial charge in [-0.3, -0.25) is 14.4 Å². The van der Waals surface area contributed by atoms with Crippen LogP contribution in [0.25, 0.3) is 0 Å². The summed E-state index contributed by atoms with van der Waals surface area (Å²) in [7, 11) is 0. The zero-order valence-electron chi connectivity index (χ0n) is 13.3. The minimum absolute atomic E-state index is 0.0948. The molecule has 0 fully saturated rings. The lowest BCUT2D eigenvalue weighted by atomic mass is 10.1. The topological polar surface area (TPSA) is 81.1 Å². The predicted molar refractivity (Wildman–Crippen MR) is 91.3 cm³/mol. The number of benzene rings is 1. The smallest absolute Gasteiger partial charge is 0.266 e. The Hall–Kier alpha value is -2.47. The first-order chi connectivity index (χ1) is 11.5. The van der Waals surface area contributed by atoms with Gasteiger partial charge in [-0.1, -0.05) is 11.6 Å². The summed E-state index contributed by atoms with van der Waals surface area (Å²) in [5, 5.41) is 7.32. The van der Waals surface area contributed by atoms with E-state index in [1.165, 1.54) is 10.7 Å². The number of hydrogen-bond acceptors (Lipinski definition) is 4. The highest BCUT2D eigenvalue weighted by Crippen LogP contribution is 2.11. The highest BCUT2D eigenvalue weighted by atomic mass is 35.5. The van der Waals surface area contributed by atoms with Gasteiger partial charge in [-0.2, -0.15) is 5.10 Å². The summed E-state index contributed by atoms with van der Waals surface area (Å²) in [4.78, 5) is 35.3. The van der Waals surface area contributed by atoms with Gasteiger partial charge in [-0.05, 0) is 37.3 Å². The lowest BCUT2D eigenvalue weighted by Gasteiger charge is -2.07. The number of nitrogens with zero attached hydrogens (tertiary/aromatic N) is 2. The molecule has 24 heavy (non-hydrogen) atoms. The minimum atomic E-state index is -0.238. The van der Waals surface area contributed by atoms with Crippen LogP contribution >= 0.6 is 11.6 Å². The van der Waals surface area contributed by atoms with Crippen molar-refractivity contribution < 1.29 is 9.59 Å². The van der Waals surface area contributed by atoms with E-state index in [2.05, 4.69) is 10.4 Å². The third-order valence-corrected chi connectivity index (χ3v) is 3.64. The van der Waals surface area contributed by atoms with Gasteiger partial charge in [-0.25, -0.2) is 4.68 Å². The fraction of sp³-hybridized carbons (Fsp3) is 0.294. The van der Waals surface area contributed by atoms with Crippen molar-refractivity contribution in [2.75, 3.05) is 6.54 Å². The maximum atomic E-state index is 12.0. The number of ketones is 1. The number of carbonyl (C=O) groups is 2. The zero-order valence-corrected chi connectivity index (χ0v) is 14.0. The quantitative estimate of drug-likeness (QED) is 0.776. The molecule has 0 radical (unpaired) electrons. The number of Topliss-reactive ketones (excluding diaryl/α,β-unsaturated/α-hetero) is 1. The van der Waals surface area contributed by atoms with Crippen LogP contribution in [0.1, 0.15) is 28.9 Å². The number of amides is 1. The number of hydrogen-bond donors (Lipinski definition) is 1. The molecule has 1 amide bonds. The summed E-state index contributed by atoms with van der Waals surface area (Å²) in [6, 6.07) is 9.63.